The summed E-state index contributed by atoms with van der Waals surface area (Å²) < 4.78 is 0. The van der Waals surface area contributed by atoms with Gasteiger partial charge in [0.1, 0.15) is 0 Å². The first-order chi connectivity index (χ1) is 9.90. The van der Waals surface area contributed by atoms with Crippen molar-refractivity contribution >= 4 is 11.8 Å². The summed E-state index contributed by atoms with van der Waals surface area (Å²) in [5.74, 6) is 0. The molecular formula is C17H26N2S. The second kappa shape index (κ2) is 7.48. The van der Waals surface area contributed by atoms with E-state index in [1.165, 1.54) is 68.7 Å². The fraction of sp³-hybridized carbons (Fsp3) is 0.647. The highest BCUT2D eigenvalue weighted by atomic mass is 32.2. The summed E-state index contributed by atoms with van der Waals surface area (Å²) >= 11 is 2.07. The van der Waals surface area contributed by atoms with Crippen LogP contribution in [0.3, 0.4) is 0 Å². The Morgan fingerprint density at radius 2 is 1.70 bits per heavy atom. The highest BCUT2D eigenvalue weighted by Crippen LogP contribution is 2.29. The second-order valence-corrected chi connectivity index (χ2v) is 7.42. The summed E-state index contributed by atoms with van der Waals surface area (Å²) in [4.78, 5) is 4.04. The van der Waals surface area contributed by atoms with E-state index >= 15 is 0 Å². The summed E-state index contributed by atoms with van der Waals surface area (Å²) in [6, 6.07) is 9.31. The highest BCUT2D eigenvalue weighted by Gasteiger charge is 2.14. The lowest BCUT2D eigenvalue weighted by Crippen LogP contribution is -2.29. The number of nitrogens with one attached hydrogen (secondary N) is 1. The minimum Gasteiger partial charge on any atom is -0.317 e. The molecule has 0 amide bonds. The summed E-state index contributed by atoms with van der Waals surface area (Å²) in [5, 5.41) is 4.25. The van der Waals surface area contributed by atoms with E-state index < -0.39 is 0 Å². The Labute approximate surface area is 127 Å². The topological polar surface area (TPSA) is 15.3 Å². The van der Waals surface area contributed by atoms with E-state index in [-0.39, 0.29) is 0 Å². The monoisotopic (exact) mass is 290 g/mol. The molecule has 0 spiro atoms. The van der Waals surface area contributed by atoms with Crippen LogP contribution in [-0.4, -0.2) is 36.3 Å². The lowest BCUT2D eigenvalue weighted by atomic mass is 10.1. The number of piperidine rings is 2. The molecule has 0 aliphatic carbocycles. The van der Waals surface area contributed by atoms with E-state index in [1.807, 2.05) is 0 Å². The fourth-order valence-corrected chi connectivity index (χ4v) is 4.30. The zero-order valence-corrected chi connectivity index (χ0v) is 13.1. The minimum absolute atomic E-state index is 0.809. The maximum absolute atomic E-state index is 3.44. The second-order valence-electron chi connectivity index (χ2n) is 6.05. The molecule has 0 bridgehead atoms. The molecular weight excluding hydrogens is 264 g/mol. The predicted octanol–water partition coefficient (Wildman–Crippen LogP) is 3.52. The Bertz CT molecular complexity index is 353. The van der Waals surface area contributed by atoms with Crippen LogP contribution in [0.15, 0.2) is 29.2 Å². The minimum atomic E-state index is 0.809. The van der Waals surface area contributed by atoms with Crippen molar-refractivity contribution in [3.63, 3.8) is 0 Å². The van der Waals surface area contributed by atoms with Crippen molar-refractivity contribution in [2.24, 2.45) is 0 Å². The molecule has 2 heterocycles. The molecule has 0 unspecified atom stereocenters. The van der Waals surface area contributed by atoms with E-state index in [4.69, 9.17) is 0 Å². The Kier molecular flexibility index (Phi) is 5.40. The van der Waals surface area contributed by atoms with Gasteiger partial charge in [-0.3, -0.25) is 4.90 Å². The summed E-state index contributed by atoms with van der Waals surface area (Å²) in [5.41, 5.74) is 1.47. The van der Waals surface area contributed by atoms with Gasteiger partial charge in [-0.15, -0.1) is 11.8 Å². The van der Waals surface area contributed by atoms with Crippen LogP contribution in [0.5, 0.6) is 0 Å². The summed E-state index contributed by atoms with van der Waals surface area (Å²) in [6.07, 6.45) is 6.79. The van der Waals surface area contributed by atoms with Gasteiger partial charge < -0.3 is 5.32 Å². The third-order valence-corrected chi connectivity index (χ3v) is 5.72. The molecule has 3 rings (SSSR count). The average Bonchev–Trinajstić information content (AvgIpc) is 2.51. The number of thioether (sulfide) groups is 1. The molecule has 0 radical (unpaired) electrons. The van der Waals surface area contributed by atoms with Gasteiger partial charge >= 0.3 is 0 Å². The number of hydrogen-bond acceptors (Lipinski definition) is 3. The van der Waals surface area contributed by atoms with Crippen molar-refractivity contribution in [2.75, 3.05) is 26.2 Å². The lowest BCUT2D eigenvalue weighted by Gasteiger charge is -2.26. The van der Waals surface area contributed by atoms with Gasteiger partial charge in [0.2, 0.25) is 0 Å². The van der Waals surface area contributed by atoms with Crippen LogP contribution in [0.1, 0.15) is 37.7 Å². The quantitative estimate of drug-likeness (QED) is 0.913. The first-order valence-corrected chi connectivity index (χ1v) is 8.97. The van der Waals surface area contributed by atoms with Crippen LogP contribution < -0.4 is 5.32 Å². The van der Waals surface area contributed by atoms with Crippen LogP contribution >= 0.6 is 11.8 Å². The molecule has 2 aliphatic rings. The van der Waals surface area contributed by atoms with Crippen LogP contribution in [0.2, 0.25) is 0 Å². The Morgan fingerprint density at radius 1 is 1.00 bits per heavy atom. The number of likely N-dealkylation sites (tertiary alicyclic amines) is 1. The lowest BCUT2D eigenvalue weighted by molar-refractivity contribution is 0.221. The standard InChI is InChI=1S/C17H26N2S/c1-2-12-19(13-3-1)14-15-4-6-16(7-5-15)20-17-8-10-18-11-9-17/h4-7,17-18H,1-3,8-14H2. The van der Waals surface area contributed by atoms with Crippen LogP contribution in [-0.2, 0) is 6.54 Å². The molecule has 1 aromatic rings. The smallest absolute Gasteiger partial charge is 0.0233 e. The first-order valence-electron chi connectivity index (χ1n) is 8.09. The third-order valence-electron chi connectivity index (χ3n) is 4.37. The zero-order chi connectivity index (χ0) is 13.6. The molecule has 3 heteroatoms. The van der Waals surface area contributed by atoms with Gasteiger partial charge in [0.05, 0.1) is 0 Å². The van der Waals surface area contributed by atoms with Gasteiger partial charge in [-0.2, -0.15) is 0 Å². The van der Waals surface area contributed by atoms with Crippen molar-refractivity contribution in [2.45, 2.75) is 48.8 Å². The van der Waals surface area contributed by atoms with Crippen molar-refractivity contribution < 1.29 is 0 Å². The van der Waals surface area contributed by atoms with Crippen molar-refractivity contribution in [1.29, 1.82) is 0 Å². The molecule has 1 aromatic carbocycles. The van der Waals surface area contributed by atoms with E-state index in [0.717, 1.165) is 11.8 Å². The average molecular weight is 290 g/mol. The maximum atomic E-state index is 3.44. The van der Waals surface area contributed by atoms with Crippen molar-refractivity contribution in [1.82, 2.24) is 10.2 Å². The van der Waals surface area contributed by atoms with Crippen molar-refractivity contribution in [3.05, 3.63) is 29.8 Å². The largest absolute Gasteiger partial charge is 0.317 e. The van der Waals surface area contributed by atoms with Crippen LogP contribution in [0.4, 0.5) is 0 Å². The van der Waals surface area contributed by atoms with Crippen LogP contribution in [0.25, 0.3) is 0 Å². The maximum Gasteiger partial charge on any atom is 0.0233 e. The van der Waals surface area contributed by atoms with Crippen LogP contribution in [0, 0.1) is 0 Å². The van der Waals surface area contributed by atoms with E-state index in [2.05, 4.69) is 46.2 Å². The van der Waals surface area contributed by atoms with Gasteiger partial charge in [-0.1, -0.05) is 18.6 Å². The summed E-state index contributed by atoms with van der Waals surface area (Å²) in [7, 11) is 0. The molecule has 2 saturated heterocycles. The fourth-order valence-electron chi connectivity index (χ4n) is 3.15. The summed E-state index contributed by atoms with van der Waals surface area (Å²) in [6.45, 7) is 6.07. The van der Waals surface area contributed by atoms with Gasteiger partial charge in [0.15, 0.2) is 0 Å². The Hall–Kier alpha value is -0.510. The number of rotatable bonds is 4. The molecule has 1 N–H and O–H groups in total. The molecule has 0 atom stereocenters. The highest BCUT2D eigenvalue weighted by molar-refractivity contribution is 8.00. The van der Waals surface area contributed by atoms with Gasteiger partial charge in [-0.05, 0) is 69.6 Å². The molecule has 0 aromatic heterocycles. The molecule has 2 fully saturated rings. The van der Waals surface area contributed by atoms with Crippen molar-refractivity contribution in [3.8, 4) is 0 Å². The van der Waals surface area contributed by atoms with E-state index in [1.54, 1.807) is 0 Å². The van der Waals surface area contributed by atoms with E-state index in [9.17, 15) is 0 Å². The molecule has 0 saturated carbocycles. The predicted molar refractivity (Wildman–Crippen MR) is 87.3 cm³/mol. The molecule has 110 valence electrons. The Balaban J connectivity index is 1.51. The first kappa shape index (κ1) is 14.4. The van der Waals surface area contributed by atoms with E-state index in [0.29, 0.717) is 0 Å². The van der Waals surface area contributed by atoms with Gasteiger partial charge in [-0.25, -0.2) is 0 Å². The normalized spacial score (nSPS) is 22.0. The molecule has 2 nitrogen and oxygen atoms in total. The molecule has 20 heavy (non-hydrogen) atoms. The number of benzene rings is 1. The Morgan fingerprint density at radius 3 is 2.40 bits per heavy atom. The SMILES string of the molecule is c1cc(SC2CCNCC2)ccc1CN1CCCCC1. The third kappa shape index (κ3) is 4.24. The number of nitrogens with zero attached hydrogens (tertiary/aromatic N) is 1. The number of hydrogen-bond donors (Lipinski definition) is 1. The zero-order valence-electron chi connectivity index (χ0n) is 12.3. The van der Waals surface area contributed by atoms with Gasteiger partial charge in [0.25, 0.3) is 0 Å². The van der Waals surface area contributed by atoms with Gasteiger partial charge in [0, 0.05) is 16.7 Å². The molecule has 2 aliphatic heterocycles.